The minimum absolute atomic E-state index is 0.160. The van der Waals surface area contributed by atoms with Crippen molar-refractivity contribution in [3.8, 4) is 5.75 Å². The van der Waals surface area contributed by atoms with Gasteiger partial charge in [0.05, 0.1) is 12.8 Å². The number of aryl methyl sites for hydroxylation is 2. The van der Waals surface area contributed by atoms with Gasteiger partial charge >= 0.3 is 5.97 Å². The third-order valence-corrected chi connectivity index (χ3v) is 1.96. The summed E-state index contributed by atoms with van der Waals surface area (Å²) in [6.07, 6.45) is 2.49. The molecule has 0 aliphatic rings. The van der Waals surface area contributed by atoms with Gasteiger partial charge in [-0.05, 0) is 25.0 Å². The molecule has 0 aliphatic heterocycles. The molecule has 0 radical (unpaired) electrons. The maximum Gasteiger partial charge on any atom is 0.305 e. The van der Waals surface area contributed by atoms with Gasteiger partial charge in [-0.3, -0.25) is 9.78 Å². The molecule has 4 heteroatoms. The van der Waals surface area contributed by atoms with E-state index in [0.717, 1.165) is 5.56 Å². The van der Waals surface area contributed by atoms with Crippen LogP contribution in [-0.2, 0) is 16.0 Å². The van der Waals surface area contributed by atoms with Crippen LogP contribution in [0.25, 0.3) is 0 Å². The maximum atomic E-state index is 10.8. The number of ether oxygens (including phenoxy) is 1. The third-order valence-electron chi connectivity index (χ3n) is 1.96. The normalized spacial score (nSPS) is 9.86. The molecule has 14 heavy (non-hydrogen) atoms. The third kappa shape index (κ3) is 2.73. The minimum atomic E-state index is -0.259. The fraction of sp³-hybridized carbons (Fsp3) is 0.400. The Kier molecular flexibility index (Phi) is 3.45. The van der Waals surface area contributed by atoms with Gasteiger partial charge < -0.3 is 9.84 Å². The highest BCUT2D eigenvalue weighted by molar-refractivity contribution is 5.69. The molecule has 0 amide bonds. The number of hydrogen-bond acceptors (Lipinski definition) is 4. The van der Waals surface area contributed by atoms with Gasteiger partial charge in [-0.1, -0.05) is 0 Å². The van der Waals surface area contributed by atoms with Crippen molar-refractivity contribution in [3.63, 3.8) is 0 Å². The van der Waals surface area contributed by atoms with E-state index in [9.17, 15) is 9.90 Å². The molecule has 4 nitrogen and oxygen atoms in total. The summed E-state index contributed by atoms with van der Waals surface area (Å²) >= 11 is 0. The lowest BCUT2D eigenvalue weighted by molar-refractivity contribution is -0.140. The number of aromatic nitrogens is 1. The zero-order valence-corrected chi connectivity index (χ0v) is 8.28. The molecule has 0 unspecified atom stereocenters. The summed E-state index contributed by atoms with van der Waals surface area (Å²) in [4.78, 5) is 14.8. The molecule has 0 fully saturated rings. The van der Waals surface area contributed by atoms with Crippen LogP contribution in [0, 0.1) is 6.92 Å². The largest absolute Gasteiger partial charge is 0.506 e. The Hall–Kier alpha value is -1.58. The van der Waals surface area contributed by atoms with Crippen molar-refractivity contribution in [2.75, 3.05) is 7.11 Å². The number of aromatic hydroxyl groups is 1. The van der Waals surface area contributed by atoms with Crippen molar-refractivity contribution >= 4 is 5.97 Å². The second-order valence-corrected chi connectivity index (χ2v) is 3.02. The lowest BCUT2D eigenvalue weighted by Gasteiger charge is -2.02. The minimum Gasteiger partial charge on any atom is -0.506 e. The monoisotopic (exact) mass is 195 g/mol. The quantitative estimate of drug-likeness (QED) is 0.736. The average Bonchev–Trinajstić information content (AvgIpc) is 2.19. The Morgan fingerprint density at radius 2 is 2.36 bits per heavy atom. The Bertz CT molecular complexity index is 336. The summed E-state index contributed by atoms with van der Waals surface area (Å²) in [6.45, 7) is 1.72. The Labute approximate surface area is 82.5 Å². The number of nitrogens with zero attached hydrogens (tertiary/aromatic N) is 1. The molecule has 1 heterocycles. The summed E-state index contributed by atoms with van der Waals surface area (Å²) in [5, 5.41) is 9.34. The summed E-state index contributed by atoms with van der Waals surface area (Å²) in [6, 6.07) is 1.62. The van der Waals surface area contributed by atoms with E-state index in [2.05, 4.69) is 9.72 Å². The van der Waals surface area contributed by atoms with E-state index >= 15 is 0 Å². The van der Waals surface area contributed by atoms with Crippen LogP contribution in [-0.4, -0.2) is 23.2 Å². The molecule has 0 saturated heterocycles. The highest BCUT2D eigenvalue weighted by Gasteiger charge is 2.03. The number of esters is 1. The van der Waals surface area contributed by atoms with Crippen LogP contribution >= 0.6 is 0 Å². The average molecular weight is 195 g/mol. The van der Waals surface area contributed by atoms with Crippen molar-refractivity contribution in [1.82, 2.24) is 4.98 Å². The van der Waals surface area contributed by atoms with E-state index in [0.29, 0.717) is 18.5 Å². The molecular weight excluding hydrogens is 182 g/mol. The smallest absolute Gasteiger partial charge is 0.305 e. The first-order chi connectivity index (χ1) is 6.63. The van der Waals surface area contributed by atoms with E-state index in [1.54, 1.807) is 19.2 Å². The molecule has 0 aromatic carbocycles. The predicted octanol–water partition coefficient (Wildman–Crippen LogP) is 1.20. The van der Waals surface area contributed by atoms with Crippen LogP contribution in [0.1, 0.15) is 17.7 Å². The second kappa shape index (κ2) is 4.60. The molecule has 1 rings (SSSR count). The zero-order valence-electron chi connectivity index (χ0n) is 8.28. The maximum absolute atomic E-state index is 10.8. The van der Waals surface area contributed by atoms with Crippen LogP contribution < -0.4 is 0 Å². The zero-order chi connectivity index (χ0) is 10.6. The molecule has 0 atom stereocenters. The number of pyridine rings is 1. The first-order valence-corrected chi connectivity index (χ1v) is 4.35. The van der Waals surface area contributed by atoms with Crippen LogP contribution in [0.4, 0.5) is 0 Å². The molecule has 0 saturated carbocycles. The highest BCUT2D eigenvalue weighted by atomic mass is 16.5. The molecule has 0 aliphatic carbocycles. The van der Waals surface area contributed by atoms with E-state index in [1.165, 1.54) is 7.11 Å². The van der Waals surface area contributed by atoms with Crippen LogP contribution in [0.5, 0.6) is 5.75 Å². The van der Waals surface area contributed by atoms with Crippen molar-refractivity contribution in [2.45, 2.75) is 19.8 Å². The molecule has 1 N–H and O–H groups in total. The number of hydrogen-bond donors (Lipinski definition) is 1. The first-order valence-electron chi connectivity index (χ1n) is 4.35. The first kappa shape index (κ1) is 10.5. The van der Waals surface area contributed by atoms with Crippen molar-refractivity contribution in [1.29, 1.82) is 0 Å². The van der Waals surface area contributed by atoms with E-state index in [-0.39, 0.29) is 11.7 Å². The molecule has 0 spiro atoms. The molecule has 1 aromatic heterocycles. The SMILES string of the molecule is COC(=O)CCc1cnc(C)c(O)c1. The van der Waals surface area contributed by atoms with Gasteiger partial charge in [-0.2, -0.15) is 0 Å². The van der Waals surface area contributed by atoms with Crippen LogP contribution in [0.15, 0.2) is 12.3 Å². The molecule has 0 bridgehead atoms. The number of carbonyl (C=O) groups excluding carboxylic acids is 1. The van der Waals surface area contributed by atoms with Gasteiger partial charge in [0.1, 0.15) is 5.75 Å². The second-order valence-electron chi connectivity index (χ2n) is 3.02. The predicted molar refractivity (Wildman–Crippen MR) is 51.0 cm³/mol. The van der Waals surface area contributed by atoms with E-state index < -0.39 is 0 Å². The highest BCUT2D eigenvalue weighted by Crippen LogP contribution is 2.15. The summed E-state index contributed by atoms with van der Waals surface area (Å²) in [5.74, 6) is -0.0996. The van der Waals surface area contributed by atoms with Gasteiger partial charge in [0.15, 0.2) is 0 Å². The molecule has 76 valence electrons. The fourth-order valence-electron chi connectivity index (χ4n) is 1.05. The van der Waals surface area contributed by atoms with Crippen LogP contribution in [0.2, 0.25) is 0 Å². The van der Waals surface area contributed by atoms with E-state index in [1.807, 2.05) is 0 Å². The van der Waals surface area contributed by atoms with Gasteiger partial charge in [-0.15, -0.1) is 0 Å². The number of rotatable bonds is 3. The standard InChI is InChI=1S/C10H13NO3/c1-7-9(12)5-8(6-11-7)3-4-10(13)14-2/h5-6,12H,3-4H2,1-2H3. The van der Waals surface area contributed by atoms with Crippen LogP contribution in [0.3, 0.4) is 0 Å². The van der Waals surface area contributed by atoms with Gasteiger partial charge in [0, 0.05) is 12.6 Å². The summed E-state index contributed by atoms with van der Waals surface area (Å²) < 4.78 is 4.50. The van der Waals surface area contributed by atoms with Gasteiger partial charge in [0.25, 0.3) is 0 Å². The fourth-order valence-corrected chi connectivity index (χ4v) is 1.05. The van der Waals surface area contributed by atoms with E-state index in [4.69, 9.17) is 0 Å². The van der Waals surface area contributed by atoms with Gasteiger partial charge in [0.2, 0.25) is 0 Å². The molecule has 1 aromatic rings. The lowest BCUT2D eigenvalue weighted by Crippen LogP contribution is -2.02. The van der Waals surface area contributed by atoms with Crippen molar-refractivity contribution < 1.29 is 14.6 Å². The topological polar surface area (TPSA) is 59.4 Å². The Morgan fingerprint density at radius 1 is 1.64 bits per heavy atom. The summed E-state index contributed by atoms with van der Waals surface area (Å²) in [5.41, 5.74) is 1.42. The van der Waals surface area contributed by atoms with Gasteiger partial charge in [-0.25, -0.2) is 0 Å². The summed E-state index contributed by atoms with van der Waals surface area (Å²) in [7, 11) is 1.35. The molecular formula is C10H13NO3. The Balaban J connectivity index is 2.60. The van der Waals surface area contributed by atoms with Crippen molar-refractivity contribution in [3.05, 3.63) is 23.5 Å². The lowest BCUT2D eigenvalue weighted by atomic mass is 10.1. The Morgan fingerprint density at radius 3 is 2.93 bits per heavy atom. The number of methoxy groups -OCH3 is 1. The number of carbonyl (C=O) groups is 1. The van der Waals surface area contributed by atoms with Crippen molar-refractivity contribution in [2.24, 2.45) is 0 Å².